The van der Waals surface area contributed by atoms with E-state index >= 15 is 0 Å². The van der Waals surface area contributed by atoms with Gasteiger partial charge in [0, 0.05) is 6.07 Å². The van der Waals surface area contributed by atoms with E-state index in [1.54, 1.807) is 12.3 Å². The van der Waals surface area contributed by atoms with E-state index in [1.807, 2.05) is 0 Å². The molecule has 1 amide bonds. The predicted octanol–water partition coefficient (Wildman–Crippen LogP) is 1.97. The fourth-order valence-corrected chi connectivity index (χ4v) is 1.83. The molecule has 0 saturated carbocycles. The third-order valence-corrected chi connectivity index (χ3v) is 2.78. The molecular formula is C10H9ClN4O2S. The van der Waals surface area contributed by atoms with E-state index in [0.717, 1.165) is 5.01 Å². The quantitative estimate of drug-likeness (QED) is 0.232. The number of hydrazine groups is 1. The SMILES string of the molecule is CSc1nc(Cl)cc(N(N)C(=O)c2ccco2)n1. The Balaban J connectivity index is 2.31. The summed E-state index contributed by atoms with van der Waals surface area (Å²) in [6, 6.07) is 4.52. The van der Waals surface area contributed by atoms with Crippen LogP contribution in [-0.4, -0.2) is 22.1 Å². The molecule has 94 valence electrons. The Hall–Kier alpha value is -1.57. The first-order valence-corrected chi connectivity index (χ1v) is 6.43. The van der Waals surface area contributed by atoms with Gasteiger partial charge in [0.2, 0.25) is 0 Å². The number of nitrogens with two attached hydrogens (primary N) is 1. The molecule has 0 saturated heterocycles. The summed E-state index contributed by atoms with van der Waals surface area (Å²) in [6.45, 7) is 0. The molecule has 0 bridgehead atoms. The number of furan rings is 1. The Morgan fingerprint density at radius 3 is 2.94 bits per heavy atom. The Bertz CT molecular complexity index is 561. The van der Waals surface area contributed by atoms with Crippen molar-refractivity contribution in [2.75, 3.05) is 11.3 Å². The maximum Gasteiger partial charge on any atom is 0.309 e. The molecule has 0 spiro atoms. The molecule has 0 aromatic carbocycles. The first-order valence-electron chi connectivity index (χ1n) is 4.83. The number of hydrogen-bond acceptors (Lipinski definition) is 6. The lowest BCUT2D eigenvalue weighted by Gasteiger charge is -2.14. The smallest absolute Gasteiger partial charge is 0.309 e. The number of thioether (sulfide) groups is 1. The number of anilines is 1. The number of hydrogen-bond donors (Lipinski definition) is 1. The number of amides is 1. The predicted molar refractivity (Wildman–Crippen MR) is 68.5 cm³/mol. The number of aromatic nitrogens is 2. The van der Waals surface area contributed by atoms with Crippen LogP contribution in [0.25, 0.3) is 0 Å². The molecule has 0 atom stereocenters. The van der Waals surface area contributed by atoms with Crippen LogP contribution in [-0.2, 0) is 0 Å². The molecular weight excluding hydrogens is 276 g/mol. The van der Waals surface area contributed by atoms with Gasteiger partial charge in [0.15, 0.2) is 16.7 Å². The Labute approximate surface area is 112 Å². The summed E-state index contributed by atoms with van der Waals surface area (Å²) in [5.41, 5.74) is 0. The second-order valence-corrected chi connectivity index (χ2v) is 4.35. The number of carbonyl (C=O) groups excluding carboxylic acids is 1. The van der Waals surface area contributed by atoms with Crippen molar-refractivity contribution in [1.29, 1.82) is 0 Å². The van der Waals surface area contributed by atoms with E-state index in [1.165, 1.54) is 30.2 Å². The summed E-state index contributed by atoms with van der Waals surface area (Å²) in [4.78, 5) is 20.0. The number of halogens is 1. The summed E-state index contributed by atoms with van der Waals surface area (Å²) in [7, 11) is 0. The highest BCUT2D eigenvalue weighted by atomic mass is 35.5. The second-order valence-electron chi connectivity index (χ2n) is 3.19. The Kier molecular flexibility index (Phi) is 3.85. The van der Waals surface area contributed by atoms with Gasteiger partial charge in [-0.25, -0.2) is 20.8 Å². The van der Waals surface area contributed by atoms with Crippen molar-refractivity contribution in [1.82, 2.24) is 9.97 Å². The van der Waals surface area contributed by atoms with Gasteiger partial charge >= 0.3 is 5.91 Å². The number of carbonyl (C=O) groups is 1. The molecule has 6 nitrogen and oxygen atoms in total. The van der Waals surface area contributed by atoms with Crippen LogP contribution in [0, 0.1) is 0 Å². The molecule has 0 aliphatic rings. The fraction of sp³-hybridized carbons (Fsp3) is 0.100. The number of nitrogens with zero attached hydrogens (tertiary/aromatic N) is 3. The van der Waals surface area contributed by atoms with Crippen molar-refractivity contribution in [2.45, 2.75) is 5.16 Å². The van der Waals surface area contributed by atoms with Gasteiger partial charge in [-0.05, 0) is 18.4 Å². The molecule has 0 fully saturated rings. The first kappa shape index (κ1) is 12.9. The highest BCUT2D eigenvalue weighted by Crippen LogP contribution is 2.20. The van der Waals surface area contributed by atoms with Gasteiger partial charge in [-0.3, -0.25) is 4.79 Å². The molecule has 0 aliphatic carbocycles. The molecule has 18 heavy (non-hydrogen) atoms. The van der Waals surface area contributed by atoms with Crippen molar-refractivity contribution in [2.24, 2.45) is 5.84 Å². The van der Waals surface area contributed by atoms with Gasteiger partial charge < -0.3 is 4.42 Å². The van der Waals surface area contributed by atoms with Crippen LogP contribution < -0.4 is 10.9 Å². The third kappa shape index (κ3) is 2.63. The van der Waals surface area contributed by atoms with Crippen LogP contribution >= 0.6 is 23.4 Å². The highest BCUT2D eigenvalue weighted by Gasteiger charge is 2.19. The van der Waals surface area contributed by atoms with E-state index < -0.39 is 5.91 Å². The molecule has 2 aromatic heterocycles. The lowest BCUT2D eigenvalue weighted by atomic mass is 10.4. The summed E-state index contributed by atoms with van der Waals surface area (Å²) in [5.74, 6) is 5.51. The number of rotatable bonds is 3. The van der Waals surface area contributed by atoms with Crippen molar-refractivity contribution >= 4 is 35.1 Å². The van der Waals surface area contributed by atoms with Gasteiger partial charge in [-0.1, -0.05) is 23.4 Å². The summed E-state index contributed by atoms with van der Waals surface area (Å²) in [5, 5.41) is 1.51. The minimum absolute atomic E-state index is 0.123. The van der Waals surface area contributed by atoms with Crippen molar-refractivity contribution in [3.63, 3.8) is 0 Å². The van der Waals surface area contributed by atoms with E-state index in [-0.39, 0.29) is 16.7 Å². The van der Waals surface area contributed by atoms with Crippen molar-refractivity contribution in [3.8, 4) is 0 Å². The molecule has 0 radical (unpaired) electrons. The summed E-state index contributed by atoms with van der Waals surface area (Å²) < 4.78 is 4.97. The van der Waals surface area contributed by atoms with Crippen LogP contribution in [0.3, 0.4) is 0 Å². The molecule has 0 aliphatic heterocycles. The molecule has 2 heterocycles. The van der Waals surface area contributed by atoms with Gasteiger partial charge in [0.05, 0.1) is 6.26 Å². The third-order valence-electron chi connectivity index (χ3n) is 2.04. The van der Waals surface area contributed by atoms with E-state index in [4.69, 9.17) is 21.9 Å². The standard InChI is InChI=1S/C10H9ClN4O2S/c1-18-10-13-7(11)5-8(14-10)15(12)9(16)6-3-2-4-17-6/h2-5H,12H2,1H3. The van der Waals surface area contributed by atoms with E-state index in [0.29, 0.717) is 5.16 Å². The maximum absolute atomic E-state index is 11.9. The minimum atomic E-state index is -0.512. The van der Waals surface area contributed by atoms with E-state index in [9.17, 15) is 4.79 Å². The van der Waals surface area contributed by atoms with E-state index in [2.05, 4.69) is 9.97 Å². The van der Waals surface area contributed by atoms with Gasteiger partial charge in [0.1, 0.15) is 5.15 Å². The molecule has 0 unspecified atom stereocenters. The largest absolute Gasteiger partial charge is 0.459 e. The molecule has 8 heteroatoms. The van der Waals surface area contributed by atoms with Crippen LogP contribution in [0.1, 0.15) is 10.6 Å². The van der Waals surface area contributed by atoms with Crippen LogP contribution in [0.4, 0.5) is 5.82 Å². The normalized spacial score (nSPS) is 10.4. The topological polar surface area (TPSA) is 85.3 Å². The van der Waals surface area contributed by atoms with Crippen molar-refractivity contribution < 1.29 is 9.21 Å². The zero-order valence-corrected chi connectivity index (χ0v) is 10.9. The van der Waals surface area contributed by atoms with Gasteiger partial charge in [-0.15, -0.1) is 0 Å². The van der Waals surface area contributed by atoms with Gasteiger partial charge in [0.25, 0.3) is 0 Å². The Morgan fingerprint density at radius 2 is 2.33 bits per heavy atom. The molecule has 2 aromatic rings. The minimum Gasteiger partial charge on any atom is -0.459 e. The fourth-order valence-electron chi connectivity index (χ4n) is 1.22. The maximum atomic E-state index is 11.9. The van der Waals surface area contributed by atoms with Crippen molar-refractivity contribution in [3.05, 3.63) is 35.4 Å². The monoisotopic (exact) mass is 284 g/mol. The second kappa shape index (κ2) is 5.38. The zero-order chi connectivity index (χ0) is 13.1. The summed E-state index contributed by atoms with van der Waals surface area (Å²) >= 11 is 7.12. The van der Waals surface area contributed by atoms with Gasteiger partial charge in [-0.2, -0.15) is 0 Å². The van der Waals surface area contributed by atoms with Crippen LogP contribution in [0.15, 0.2) is 34.0 Å². The highest BCUT2D eigenvalue weighted by molar-refractivity contribution is 7.98. The summed E-state index contributed by atoms with van der Waals surface area (Å²) in [6.07, 6.45) is 3.19. The molecule has 2 N–H and O–H groups in total. The Morgan fingerprint density at radius 1 is 1.56 bits per heavy atom. The van der Waals surface area contributed by atoms with Crippen LogP contribution in [0.2, 0.25) is 5.15 Å². The van der Waals surface area contributed by atoms with Crippen LogP contribution in [0.5, 0.6) is 0 Å². The lowest BCUT2D eigenvalue weighted by molar-refractivity contribution is 0.0959. The first-order chi connectivity index (χ1) is 8.61. The lowest BCUT2D eigenvalue weighted by Crippen LogP contribution is -2.38. The zero-order valence-electron chi connectivity index (χ0n) is 9.33. The average molecular weight is 285 g/mol. The average Bonchev–Trinajstić information content (AvgIpc) is 2.90. The molecule has 2 rings (SSSR count).